The van der Waals surface area contributed by atoms with E-state index in [1.165, 1.54) is 11.1 Å². The number of nitriles is 1. The lowest BCUT2D eigenvalue weighted by atomic mass is 9.55. The van der Waals surface area contributed by atoms with Gasteiger partial charge in [0.1, 0.15) is 0 Å². The second-order valence-corrected chi connectivity index (χ2v) is 8.01. The predicted molar refractivity (Wildman–Crippen MR) is 83.6 cm³/mol. The second kappa shape index (κ2) is 4.58. The highest BCUT2D eigenvalue weighted by atomic mass is 16.3. The summed E-state index contributed by atoms with van der Waals surface area (Å²) in [5, 5.41) is 21.4. The SMILES string of the molecule is CC1CC(C)(C)CCC1(O)C1(C#N)Cc2ccccc2C1. The fourth-order valence-electron chi connectivity index (χ4n) is 4.68. The fraction of sp³-hybridized carbons (Fsp3) is 0.632. The van der Waals surface area contributed by atoms with Crippen molar-refractivity contribution in [2.75, 3.05) is 0 Å². The molecule has 0 spiro atoms. The lowest BCUT2D eigenvalue weighted by Gasteiger charge is -2.51. The lowest BCUT2D eigenvalue weighted by Crippen LogP contribution is -2.56. The molecule has 2 heteroatoms. The summed E-state index contributed by atoms with van der Waals surface area (Å²) in [6.07, 6.45) is 4.11. The Morgan fingerprint density at radius 1 is 1.14 bits per heavy atom. The van der Waals surface area contributed by atoms with E-state index in [2.05, 4.69) is 39.0 Å². The van der Waals surface area contributed by atoms with Crippen molar-refractivity contribution in [3.8, 4) is 6.07 Å². The van der Waals surface area contributed by atoms with E-state index in [4.69, 9.17) is 0 Å². The molecular weight excluding hydrogens is 258 g/mol. The van der Waals surface area contributed by atoms with Gasteiger partial charge >= 0.3 is 0 Å². The molecule has 2 atom stereocenters. The van der Waals surface area contributed by atoms with E-state index in [9.17, 15) is 10.4 Å². The number of hydrogen-bond acceptors (Lipinski definition) is 2. The van der Waals surface area contributed by atoms with E-state index in [0.717, 1.165) is 19.3 Å². The standard InChI is InChI=1S/C19H25NO/c1-14-10-17(2,3)8-9-19(14,21)18(13-20)11-15-6-4-5-7-16(15)12-18/h4-7,14,21H,8-12H2,1-3H3. The fourth-order valence-corrected chi connectivity index (χ4v) is 4.68. The molecule has 2 aliphatic carbocycles. The van der Waals surface area contributed by atoms with E-state index in [0.29, 0.717) is 12.8 Å². The highest BCUT2D eigenvalue weighted by Crippen LogP contribution is 2.55. The maximum atomic E-state index is 11.5. The first-order valence-corrected chi connectivity index (χ1v) is 8.02. The minimum absolute atomic E-state index is 0.162. The maximum absolute atomic E-state index is 11.5. The third kappa shape index (κ3) is 2.10. The van der Waals surface area contributed by atoms with Gasteiger partial charge in [0, 0.05) is 0 Å². The van der Waals surface area contributed by atoms with E-state index in [1.54, 1.807) is 0 Å². The van der Waals surface area contributed by atoms with Gasteiger partial charge in [0.2, 0.25) is 0 Å². The molecule has 1 aromatic rings. The van der Waals surface area contributed by atoms with Crippen molar-refractivity contribution in [2.24, 2.45) is 16.7 Å². The zero-order valence-corrected chi connectivity index (χ0v) is 13.3. The van der Waals surface area contributed by atoms with Gasteiger partial charge in [0.25, 0.3) is 0 Å². The maximum Gasteiger partial charge on any atom is 0.0943 e. The Morgan fingerprint density at radius 2 is 1.71 bits per heavy atom. The van der Waals surface area contributed by atoms with Crippen LogP contribution in [0.15, 0.2) is 24.3 Å². The average molecular weight is 283 g/mol. The van der Waals surface area contributed by atoms with Crippen LogP contribution >= 0.6 is 0 Å². The van der Waals surface area contributed by atoms with Crippen molar-refractivity contribution in [3.05, 3.63) is 35.4 Å². The molecule has 112 valence electrons. The van der Waals surface area contributed by atoms with Crippen LogP contribution in [0.1, 0.15) is 51.2 Å². The molecular formula is C19H25NO. The van der Waals surface area contributed by atoms with Gasteiger partial charge in [0.15, 0.2) is 0 Å². The number of aliphatic hydroxyl groups is 1. The Bertz CT molecular complexity index is 573. The molecule has 0 heterocycles. The molecule has 2 aliphatic rings. The Labute approximate surface area is 127 Å². The second-order valence-electron chi connectivity index (χ2n) is 8.01. The molecule has 1 saturated carbocycles. The largest absolute Gasteiger partial charge is 0.388 e. The van der Waals surface area contributed by atoms with Gasteiger partial charge in [-0.15, -0.1) is 0 Å². The smallest absolute Gasteiger partial charge is 0.0943 e. The van der Waals surface area contributed by atoms with Gasteiger partial charge in [-0.1, -0.05) is 45.0 Å². The summed E-state index contributed by atoms with van der Waals surface area (Å²) in [4.78, 5) is 0. The minimum atomic E-state index is -0.865. The van der Waals surface area contributed by atoms with Crippen molar-refractivity contribution in [2.45, 2.75) is 58.5 Å². The van der Waals surface area contributed by atoms with Crippen LogP contribution in [0.4, 0.5) is 0 Å². The molecule has 1 fully saturated rings. The van der Waals surface area contributed by atoms with Gasteiger partial charge in [0.05, 0.1) is 17.1 Å². The van der Waals surface area contributed by atoms with E-state index in [-0.39, 0.29) is 11.3 Å². The molecule has 2 unspecified atom stereocenters. The number of hydrogen-bond donors (Lipinski definition) is 1. The van der Waals surface area contributed by atoms with Crippen molar-refractivity contribution in [1.29, 1.82) is 5.26 Å². The Kier molecular flexibility index (Phi) is 3.19. The van der Waals surface area contributed by atoms with E-state index in [1.807, 2.05) is 12.1 Å². The summed E-state index contributed by atoms with van der Waals surface area (Å²) in [6.45, 7) is 6.67. The normalized spacial score (nSPS) is 33.2. The molecule has 3 rings (SSSR count). The van der Waals surface area contributed by atoms with Crippen LogP contribution in [0.5, 0.6) is 0 Å². The first-order chi connectivity index (χ1) is 9.82. The van der Waals surface area contributed by atoms with Crippen molar-refractivity contribution < 1.29 is 5.11 Å². The van der Waals surface area contributed by atoms with Crippen molar-refractivity contribution in [3.63, 3.8) is 0 Å². The van der Waals surface area contributed by atoms with Gasteiger partial charge in [-0.25, -0.2) is 0 Å². The van der Waals surface area contributed by atoms with Crippen LogP contribution < -0.4 is 0 Å². The first kappa shape index (κ1) is 14.6. The molecule has 0 amide bonds. The van der Waals surface area contributed by atoms with Crippen LogP contribution in [0.2, 0.25) is 0 Å². The number of benzene rings is 1. The predicted octanol–water partition coefficient (Wildman–Crippen LogP) is 3.87. The van der Waals surface area contributed by atoms with Crippen LogP contribution in [-0.2, 0) is 12.8 Å². The summed E-state index contributed by atoms with van der Waals surface area (Å²) >= 11 is 0. The third-order valence-corrected chi connectivity index (χ3v) is 6.00. The lowest BCUT2D eigenvalue weighted by molar-refractivity contribution is -0.136. The van der Waals surface area contributed by atoms with Gasteiger partial charge in [-0.2, -0.15) is 5.26 Å². The van der Waals surface area contributed by atoms with Crippen molar-refractivity contribution in [1.82, 2.24) is 0 Å². The van der Waals surface area contributed by atoms with E-state index < -0.39 is 11.0 Å². The Balaban J connectivity index is 1.97. The highest BCUT2D eigenvalue weighted by Gasteiger charge is 2.58. The van der Waals surface area contributed by atoms with Gasteiger partial charge in [-0.3, -0.25) is 0 Å². The molecule has 0 bridgehead atoms. The van der Waals surface area contributed by atoms with Crippen LogP contribution in [0.25, 0.3) is 0 Å². The Hall–Kier alpha value is -1.33. The number of fused-ring (bicyclic) bond motifs is 1. The zero-order valence-electron chi connectivity index (χ0n) is 13.3. The summed E-state index contributed by atoms with van der Waals surface area (Å²) in [6, 6.07) is 10.8. The van der Waals surface area contributed by atoms with Crippen LogP contribution in [0.3, 0.4) is 0 Å². The monoisotopic (exact) mass is 283 g/mol. The molecule has 2 nitrogen and oxygen atoms in total. The molecule has 21 heavy (non-hydrogen) atoms. The van der Waals surface area contributed by atoms with Gasteiger partial charge in [-0.05, 0) is 54.6 Å². The molecule has 1 N–H and O–H groups in total. The van der Waals surface area contributed by atoms with Crippen LogP contribution in [0, 0.1) is 28.1 Å². The summed E-state index contributed by atoms with van der Waals surface area (Å²) < 4.78 is 0. The van der Waals surface area contributed by atoms with Gasteiger partial charge < -0.3 is 5.11 Å². The third-order valence-electron chi connectivity index (χ3n) is 6.00. The Morgan fingerprint density at radius 3 is 2.19 bits per heavy atom. The highest BCUT2D eigenvalue weighted by molar-refractivity contribution is 5.39. The molecule has 0 saturated heterocycles. The van der Waals surface area contributed by atoms with E-state index >= 15 is 0 Å². The van der Waals surface area contributed by atoms with Crippen molar-refractivity contribution >= 4 is 0 Å². The minimum Gasteiger partial charge on any atom is -0.388 e. The number of rotatable bonds is 1. The molecule has 0 radical (unpaired) electrons. The molecule has 0 aromatic heterocycles. The quantitative estimate of drug-likeness (QED) is 0.850. The summed E-state index contributed by atoms with van der Waals surface area (Å²) in [5.41, 5.74) is 1.24. The average Bonchev–Trinajstić information content (AvgIpc) is 2.83. The van der Waals surface area contributed by atoms with Crippen LogP contribution in [-0.4, -0.2) is 10.7 Å². The topological polar surface area (TPSA) is 44.0 Å². The zero-order chi connectivity index (χ0) is 15.3. The number of nitrogens with zero attached hydrogens (tertiary/aromatic N) is 1. The summed E-state index contributed by atoms with van der Waals surface area (Å²) in [5.74, 6) is 0.162. The molecule has 1 aromatic carbocycles. The molecule has 0 aliphatic heterocycles. The summed E-state index contributed by atoms with van der Waals surface area (Å²) in [7, 11) is 0. The first-order valence-electron chi connectivity index (χ1n) is 8.02.